The molecule has 3 rings (SSSR count). The molecule has 3 nitrogen and oxygen atoms in total. The second kappa shape index (κ2) is 7.84. The predicted molar refractivity (Wildman–Crippen MR) is 99.1 cm³/mol. The zero-order chi connectivity index (χ0) is 16.1. The van der Waals surface area contributed by atoms with Crippen LogP contribution in [0.1, 0.15) is 18.4 Å². The highest BCUT2D eigenvalue weighted by Crippen LogP contribution is 2.21. The molecule has 0 spiro atoms. The lowest BCUT2D eigenvalue weighted by atomic mass is 10.0. The Morgan fingerprint density at radius 3 is 2.65 bits per heavy atom. The maximum Gasteiger partial charge on any atom is 0.119 e. The number of halogens is 1. The third-order valence-corrected chi connectivity index (χ3v) is 4.82. The van der Waals surface area contributed by atoms with Gasteiger partial charge in [0, 0.05) is 35.8 Å². The van der Waals surface area contributed by atoms with Gasteiger partial charge >= 0.3 is 0 Å². The zero-order valence-corrected chi connectivity index (χ0v) is 15.1. The fourth-order valence-corrected chi connectivity index (χ4v) is 3.48. The van der Waals surface area contributed by atoms with Crippen LogP contribution in [-0.2, 0) is 6.54 Å². The first-order valence-corrected chi connectivity index (χ1v) is 8.89. The van der Waals surface area contributed by atoms with Crippen molar-refractivity contribution in [1.29, 1.82) is 0 Å². The van der Waals surface area contributed by atoms with E-state index in [0.717, 1.165) is 29.9 Å². The van der Waals surface area contributed by atoms with E-state index in [2.05, 4.69) is 68.6 Å². The van der Waals surface area contributed by atoms with Crippen LogP contribution in [0.5, 0.6) is 5.75 Å². The summed E-state index contributed by atoms with van der Waals surface area (Å²) in [5, 5.41) is 3.65. The van der Waals surface area contributed by atoms with Gasteiger partial charge in [-0.1, -0.05) is 34.1 Å². The Hall–Kier alpha value is -1.52. The van der Waals surface area contributed by atoms with Gasteiger partial charge in [-0.15, -0.1) is 0 Å². The van der Waals surface area contributed by atoms with Crippen molar-refractivity contribution in [2.24, 2.45) is 0 Å². The van der Waals surface area contributed by atoms with Crippen molar-refractivity contribution in [3.05, 3.63) is 58.6 Å². The molecule has 0 amide bonds. The number of likely N-dealkylation sites (tertiary alicyclic amines) is 1. The minimum Gasteiger partial charge on any atom is -0.497 e. The van der Waals surface area contributed by atoms with Crippen LogP contribution in [0.25, 0.3) is 0 Å². The lowest BCUT2D eigenvalue weighted by Crippen LogP contribution is -2.38. The van der Waals surface area contributed by atoms with Crippen molar-refractivity contribution >= 4 is 21.6 Å². The number of benzene rings is 2. The van der Waals surface area contributed by atoms with Crippen LogP contribution in [0.2, 0.25) is 0 Å². The lowest BCUT2D eigenvalue weighted by molar-refractivity contribution is 0.211. The van der Waals surface area contributed by atoms with Crippen molar-refractivity contribution in [1.82, 2.24) is 4.90 Å². The largest absolute Gasteiger partial charge is 0.497 e. The smallest absolute Gasteiger partial charge is 0.119 e. The molecule has 1 N–H and O–H groups in total. The van der Waals surface area contributed by atoms with E-state index in [-0.39, 0.29) is 0 Å². The molecule has 0 aromatic heterocycles. The first kappa shape index (κ1) is 16.3. The van der Waals surface area contributed by atoms with Crippen LogP contribution >= 0.6 is 15.9 Å². The Bertz CT molecular complexity index is 639. The zero-order valence-electron chi connectivity index (χ0n) is 13.5. The normalized spacial score (nSPS) is 16.3. The first-order chi connectivity index (χ1) is 11.2. The van der Waals surface area contributed by atoms with E-state index < -0.39 is 0 Å². The van der Waals surface area contributed by atoms with E-state index in [9.17, 15) is 0 Å². The van der Waals surface area contributed by atoms with Gasteiger partial charge in [-0.05, 0) is 48.7 Å². The summed E-state index contributed by atoms with van der Waals surface area (Å²) in [6.07, 6.45) is 2.35. The monoisotopic (exact) mass is 374 g/mol. The van der Waals surface area contributed by atoms with E-state index in [1.807, 2.05) is 6.07 Å². The molecule has 0 atom stereocenters. The highest BCUT2D eigenvalue weighted by molar-refractivity contribution is 9.10. The second-order valence-electron chi connectivity index (χ2n) is 6.06. The van der Waals surface area contributed by atoms with Crippen LogP contribution in [0.4, 0.5) is 5.69 Å². The van der Waals surface area contributed by atoms with Gasteiger partial charge in [0.1, 0.15) is 5.75 Å². The third kappa shape index (κ3) is 4.72. The van der Waals surface area contributed by atoms with Crippen LogP contribution in [0.3, 0.4) is 0 Å². The number of nitrogens with zero attached hydrogens (tertiary/aromatic N) is 1. The van der Waals surface area contributed by atoms with E-state index in [1.165, 1.54) is 24.1 Å². The SMILES string of the molecule is COc1cccc(CN2CCC(Nc3cccc(Br)c3)CC2)c1. The van der Waals surface area contributed by atoms with Crippen molar-refractivity contribution in [2.75, 3.05) is 25.5 Å². The van der Waals surface area contributed by atoms with Crippen molar-refractivity contribution in [3.8, 4) is 5.75 Å². The molecule has 23 heavy (non-hydrogen) atoms. The Balaban J connectivity index is 1.50. The standard InChI is InChI=1S/C19H23BrN2O/c1-23-19-7-2-4-15(12-19)14-22-10-8-17(9-11-22)21-18-6-3-5-16(20)13-18/h2-7,12-13,17,21H,8-11,14H2,1H3. The molecule has 1 heterocycles. The molecule has 1 fully saturated rings. The highest BCUT2D eigenvalue weighted by atomic mass is 79.9. The van der Waals surface area contributed by atoms with Gasteiger partial charge in [-0.25, -0.2) is 0 Å². The number of nitrogens with one attached hydrogen (secondary N) is 1. The summed E-state index contributed by atoms with van der Waals surface area (Å²) in [5.41, 5.74) is 2.52. The number of rotatable bonds is 5. The molecular formula is C19H23BrN2O. The highest BCUT2D eigenvalue weighted by Gasteiger charge is 2.19. The average molecular weight is 375 g/mol. The molecule has 4 heteroatoms. The topological polar surface area (TPSA) is 24.5 Å². The summed E-state index contributed by atoms with van der Waals surface area (Å²) in [5.74, 6) is 0.939. The maximum absolute atomic E-state index is 5.30. The molecule has 2 aromatic carbocycles. The van der Waals surface area contributed by atoms with Crippen molar-refractivity contribution < 1.29 is 4.74 Å². The minimum absolute atomic E-state index is 0.561. The fraction of sp³-hybridized carbons (Fsp3) is 0.368. The Morgan fingerprint density at radius 1 is 1.13 bits per heavy atom. The van der Waals surface area contributed by atoms with Crippen LogP contribution in [0, 0.1) is 0 Å². The van der Waals surface area contributed by atoms with Crippen LogP contribution in [0.15, 0.2) is 53.0 Å². The van der Waals surface area contributed by atoms with E-state index in [4.69, 9.17) is 4.74 Å². The molecule has 0 radical (unpaired) electrons. The summed E-state index contributed by atoms with van der Waals surface area (Å²) < 4.78 is 6.43. The first-order valence-electron chi connectivity index (χ1n) is 8.10. The summed E-state index contributed by atoms with van der Waals surface area (Å²) in [6.45, 7) is 3.26. The third-order valence-electron chi connectivity index (χ3n) is 4.32. The number of hydrogen-bond donors (Lipinski definition) is 1. The van der Waals surface area contributed by atoms with Gasteiger partial charge in [-0.3, -0.25) is 4.90 Å². The molecule has 122 valence electrons. The number of hydrogen-bond acceptors (Lipinski definition) is 3. The molecule has 1 aliphatic heterocycles. The quantitative estimate of drug-likeness (QED) is 0.831. The Morgan fingerprint density at radius 2 is 1.91 bits per heavy atom. The fourth-order valence-electron chi connectivity index (χ4n) is 3.08. The molecule has 0 aliphatic carbocycles. The molecule has 1 saturated heterocycles. The Kier molecular flexibility index (Phi) is 5.57. The van der Waals surface area contributed by atoms with Gasteiger partial charge in [0.15, 0.2) is 0 Å². The average Bonchev–Trinajstić information content (AvgIpc) is 2.57. The summed E-state index contributed by atoms with van der Waals surface area (Å²) in [6, 6.07) is 17.3. The van der Waals surface area contributed by atoms with Gasteiger partial charge in [-0.2, -0.15) is 0 Å². The van der Waals surface area contributed by atoms with Crippen LogP contribution < -0.4 is 10.1 Å². The molecule has 0 bridgehead atoms. The van der Waals surface area contributed by atoms with E-state index >= 15 is 0 Å². The molecule has 0 saturated carbocycles. The summed E-state index contributed by atoms with van der Waals surface area (Å²) >= 11 is 3.53. The van der Waals surface area contributed by atoms with Gasteiger partial charge in [0.25, 0.3) is 0 Å². The van der Waals surface area contributed by atoms with Gasteiger partial charge < -0.3 is 10.1 Å². The number of ether oxygens (including phenoxy) is 1. The van der Waals surface area contributed by atoms with Gasteiger partial charge in [0.2, 0.25) is 0 Å². The van der Waals surface area contributed by atoms with Crippen LogP contribution in [-0.4, -0.2) is 31.1 Å². The van der Waals surface area contributed by atoms with E-state index in [1.54, 1.807) is 7.11 Å². The Labute approximate surface area is 146 Å². The molecule has 2 aromatic rings. The molecular weight excluding hydrogens is 352 g/mol. The molecule has 1 aliphatic rings. The number of methoxy groups -OCH3 is 1. The van der Waals surface area contributed by atoms with Crippen molar-refractivity contribution in [3.63, 3.8) is 0 Å². The molecule has 0 unspecified atom stereocenters. The lowest BCUT2D eigenvalue weighted by Gasteiger charge is -2.33. The second-order valence-corrected chi connectivity index (χ2v) is 6.97. The maximum atomic E-state index is 5.30. The van der Waals surface area contributed by atoms with Gasteiger partial charge in [0.05, 0.1) is 7.11 Å². The summed E-state index contributed by atoms with van der Waals surface area (Å²) in [7, 11) is 1.72. The number of anilines is 1. The minimum atomic E-state index is 0.561. The van der Waals surface area contributed by atoms with E-state index in [0.29, 0.717) is 6.04 Å². The number of piperidine rings is 1. The van der Waals surface area contributed by atoms with Crippen molar-refractivity contribution in [2.45, 2.75) is 25.4 Å². The summed E-state index contributed by atoms with van der Waals surface area (Å²) in [4.78, 5) is 2.52. The predicted octanol–water partition coefficient (Wildman–Crippen LogP) is 4.53.